The first-order valence-corrected chi connectivity index (χ1v) is 20.1. The van der Waals surface area contributed by atoms with Crippen molar-refractivity contribution in [2.24, 2.45) is 5.73 Å². The molecule has 53 heavy (non-hydrogen) atoms. The molecule has 3 aromatic rings. The number of nitrogens with two attached hydrogens (primary N) is 1. The van der Waals surface area contributed by atoms with Gasteiger partial charge in [0.1, 0.15) is 18.1 Å². The first-order valence-electron chi connectivity index (χ1n) is 18.9. The lowest BCUT2D eigenvalue weighted by atomic mass is 10.0. The second-order valence-corrected chi connectivity index (χ2v) is 15.3. The van der Waals surface area contributed by atoms with Crippen molar-refractivity contribution in [3.05, 3.63) is 45.9 Å². The van der Waals surface area contributed by atoms with Crippen LogP contribution in [0.25, 0.3) is 21.3 Å². The standard InChI is InChI=1S/C25H26ClN3O3S.C9H19NO.C6H9NO2/c1-15-11-16(26)12-20(24(15)32-17-6-9-28(2)10-7-17)19-5-8-27-21-13-18(33-25(19)21)14-29-22(30)3-4-23(29)31;10-8-6-4-2-1-3-5-7-9-11;1-2-7-5(8)3-4-6(7)9/h5,8,11-13,17H,3-4,6-7,9-10,14H2,1-2H3;9H,1-8,10H2;2-4H2,1H3. The summed E-state index contributed by atoms with van der Waals surface area (Å²) < 4.78 is 7.57. The predicted octanol–water partition coefficient (Wildman–Crippen LogP) is 7.08. The third-order valence-corrected chi connectivity index (χ3v) is 11.0. The summed E-state index contributed by atoms with van der Waals surface area (Å²) in [4.78, 5) is 66.0. The van der Waals surface area contributed by atoms with Crippen LogP contribution in [-0.2, 0) is 30.5 Å². The fourth-order valence-electron chi connectivity index (χ4n) is 6.64. The Kier molecular flexibility index (Phi) is 16.9. The molecule has 0 aliphatic carbocycles. The van der Waals surface area contributed by atoms with E-state index in [1.165, 1.54) is 35.5 Å². The minimum Gasteiger partial charge on any atom is -0.489 e. The maximum Gasteiger partial charge on any atom is 0.230 e. The van der Waals surface area contributed by atoms with Crippen LogP contribution in [0.2, 0.25) is 5.02 Å². The Morgan fingerprint density at radius 3 is 2.08 bits per heavy atom. The average Bonchev–Trinajstić information content (AvgIpc) is 3.81. The van der Waals surface area contributed by atoms with Crippen LogP contribution in [0.1, 0.15) is 101 Å². The summed E-state index contributed by atoms with van der Waals surface area (Å²) in [5.41, 5.74) is 9.15. The number of hydrogen-bond donors (Lipinski definition) is 1. The topological polar surface area (TPSA) is 143 Å². The van der Waals surface area contributed by atoms with E-state index in [0.717, 1.165) is 95.6 Å². The number of aryl methyl sites for hydroxylation is 1. The van der Waals surface area contributed by atoms with Crippen molar-refractivity contribution < 1.29 is 28.7 Å². The van der Waals surface area contributed by atoms with Gasteiger partial charge in [0, 0.05) is 79.0 Å². The van der Waals surface area contributed by atoms with E-state index >= 15 is 0 Å². The summed E-state index contributed by atoms with van der Waals surface area (Å²) in [6.07, 6.45) is 14.3. The molecule has 3 fully saturated rings. The van der Waals surface area contributed by atoms with Gasteiger partial charge in [0.25, 0.3) is 0 Å². The zero-order chi connectivity index (χ0) is 38.3. The highest BCUT2D eigenvalue weighted by atomic mass is 35.5. The lowest BCUT2D eigenvalue weighted by Crippen LogP contribution is -2.35. The normalized spacial score (nSPS) is 16.5. The quantitative estimate of drug-likeness (QED) is 0.103. The number of thiophene rings is 1. The van der Waals surface area contributed by atoms with E-state index in [-0.39, 0.29) is 29.7 Å². The molecule has 3 aliphatic rings. The van der Waals surface area contributed by atoms with E-state index in [9.17, 15) is 24.0 Å². The Hall–Kier alpha value is -3.71. The fraction of sp³-hybridized carbons (Fsp3) is 0.550. The lowest BCUT2D eigenvalue weighted by Gasteiger charge is -2.30. The fourth-order valence-corrected chi connectivity index (χ4v) is 8.05. The summed E-state index contributed by atoms with van der Waals surface area (Å²) in [5, 5.41) is 0.660. The van der Waals surface area contributed by atoms with E-state index in [2.05, 4.69) is 16.9 Å². The maximum absolute atomic E-state index is 12.1. The van der Waals surface area contributed by atoms with Crippen LogP contribution < -0.4 is 10.5 Å². The number of ether oxygens (including phenoxy) is 1. The van der Waals surface area contributed by atoms with Crippen molar-refractivity contribution in [3.63, 3.8) is 0 Å². The van der Waals surface area contributed by atoms with Crippen molar-refractivity contribution >= 4 is 63.1 Å². The van der Waals surface area contributed by atoms with Crippen LogP contribution in [0.15, 0.2) is 30.5 Å². The number of aldehydes is 1. The first kappa shape index (κ1) is 42.0. The lowest BCUT2D eigenvalue weighted by molar-refractivity contribution is -0.140. The Labute approximate surface area is 322 Å². The number of nitrogens with zero attached hydrogens (tertiary/aromatic N) is 4. The Morgan fingerprint density at radius 2 is 1.49 bits per heavy atom. The summed E-state index contributed by atoms with van der Waals surface area (Å²) in [6.45, 7) is 7.52. The highest BCUT2D eigenvalue weighted by Crippen LogP contribution is 2.42. The second-order valence-electron chi connectivity index (χ2n) is 13.8. The first-order chi connectivity index (χ1) is 25.6. The number of unbranched alkanes of at least 4 members (excludes halogenated alkanes) is 6. The number of hydrogen-bond acceptors (Lipinski definition) is 10. The molecule has 4 amide bonds. The van der Waals surface area contributed by atoms with Crippen molar-refractivity contribution in [1.29, 1.82) is 0 Å². The van der Waals surface area contributed by atoms with Gasteiger partial charge in [-0.1, -0.05) is 37.3 Å². The molecular formula is C40H54ClN5O6S. The Balaban J connectivity index is 0.000000257. The number of carbonyl (C=O) groups is 5. The number of fused-ring (bicyclic) bond motifs is 1. The van der Waals surface area contributed by atoms with Crippen LogP contribution in [0, 0.1) is 6.92 Å². The van der Waals surface area contributed by atoms with Gasteiger partial charge in [-0.15, -0.1) is 11.3 Å². The number of rotatable bonds is 14. The largest absolute Gasteiger partial charge is 0.489 e. The number of piperidine rings is 1. The van der Waals surface area contributed by atoms with Crippen molar-refractivity contribution in [2.45, 2.75) is 110 Å². The van der Waals surface area contributed by atoms with Crippen LogP contribution in [-0.4, -0.2) is 88.9 Å². The summed E-state index contributed by atoms with van der Waals surface area (Å²) in [5.74, 6) is 0.598. The van der Waals surface area contributed by atoms with Gasteiger partial charge in [0.05, 0.1) is 16.8 Å². The van der Waals surface area contributed by atoms with Gasteiger partial charge >= 0.3 is 0 Å². The third-order valence-electron chi connectivity index (χ3n) is 9.66. The predicted molar refractivity (Wildman–Crippen MR) is 210 cm³/mol. The molecule has 2 aromatic heterocycles. The molecule has 288 valence electrons. The molecule has 3 saturated heterocycles. The molecule has 6 rings (SSSR count). The monoisotopic (exact) mass is 767 g/mol. The van der Waals surface area contributed by atoms with Gasteiger partial charge in [0.2, 0.25) is 23.6 Å². The van der Waals surface area contributed by atoms with Gasteiger partial charge < -0.3 is 20.2 Å². The van der Waals surface area contributed by atoms with Crippen molar-refractivity contribution in [2.75, 3.05) is 33.2 Å². The molecular weight excluding hydrogens is 714 g/mol. The molecule has 0 unspecified atom stereocenters. The molecule has 5 heterocycles. The highest BCUT2D eigenvalue weighted by Gasteiger charge is 2.30. The van der Waals surface area contributed by atoms with Crippen LogP contribution in [0.4, 0.5) is 0 Å². The van der Waals surface area contributed by atoms with E-state index in [4.69, 9.17) is 22.1 Å². The molecule has 2 N–H and O–H groups in total. The van der Waals surface area contributed by atoms with Gasteiger partial charge in [-0.25, -0.2) is 0 Å². The van der Waals surface area contributed by atoms with Crippen LogP contribution in [0.5, 0.6) is 5.75 Å². The zero-order valence-electron chi connectivity index (χ0n) is 31.4. The van der Waals surface area contributed by atoms with Crippen LogP contribution in [0.3, 0.4) is 0 Å². The van der Waals surface area contributed by atoms with Gasteiger partial charge in [-0.05, 0) is 83.0 Å². The van der Waals surface area contributed by atoms with Crippen molar-refractivity contribution in [1.82, 2.24) is 19.7 Å². The Bertz CT molecular complexity index is 1690. The number of amides is 4. The molecule has 3 aliphatic heterocycles. The molecule has 0 radical (unpaired) electrons. The molecule has 0 bridgehead atoms. The summed E-state index contributed by atoms with van der Waals surface area (Å²) in [7, 11) is 2.14. The van der Waals surface area contributed by atoms with E-state index in [0.29, 0.717) is 43.8 Å². The Morgan fingerprint density at radius 1 is 0.887 bits per heavy atom. The number of imide groups is 2. The molecule has 0 saturated carbocycles. The smallest absolute Gasteiger partial charge is 0.230 e. The van der Waals surface area contributed by atoms with Gasteiger partial charge in [-0.3, -0.25) is 34.0 Å². The minimum atomic E-state index is -0.107. The molecule has 13 heteroatoms. The summed E-state index contributed by atoms with van der Waals surface area (Å²) >= 11 is 8.04. The van der Waals surface area contributed by atoms with E-state index < -0.39 is 0 Å². The zero-order valence-corrected chi connectivity index (χ0v) is 32.9. The molecule has 0 spiro atoms. The van der Waals surface area contributed by atoms with Gasteiger partial charge in [-0.2, -0.15) is 0 Å². The van der Waals surface area contributed by atoms with Gasteiger partial charge in [0.15, 0.2) is 0 Å². The second kappa shape index (κ2) is 21.2. The number of likely N-dealkylation sites (tertiary alicyclic amines) is 3. The number of aromatic nitrogens is 1. The number of pyridine rings is 1. The number of carbonyl (C=O) groups excluding carboxylic acids is 5. The van der Waals surface area contributed by atoms with E-state index in [1.54, 1.807) is 24.5 Å². The molecule has 1 aromatic carbocycles. The van der Waals surface area contributed by atoms with E-state index in [1.807, 2.05) is 31.2 Å². The highest BCUT2D eigenvalue weighted by molar-refractivity contribution is 7.19. The third kappa shape index (κ3) is 12.1. The minimum absolute atomic E-state index is 0.0255. The number of halogens is 1. The molecule has 0 atom stereocenters. The average molecular weight is 768 g/mol. The summed E-state index contributed by atoms with van der Waals surface area (Å²) in [6, 6.07) is 7.86. The van der Waals surface area contributed by atoms with Crippen molar-refractivity contribution in [3.8, 4) is 16.9 Å². The number of benzene rings is 1. The van der Waals surface area contributed by atoms with Crippen LogP contribution >= 0.6 is 22.9 Å². The molecule has 11 nitrogen and oxygen atoms in total. The SMILES string of the molecule is CCN1C(=O)CCC1=O.Cc1cc(Cl)cc(-c2ccnc3cc(CN4C(=O)CCC4=O)sc23)c1OC1CCN(C)CC1.NCCCCCCCCC=O. The maximum atomic E-state index is 12.1.